The second kappa shape index (κ2) is 5.83. The number of halogens is 1. The van der Waals surface area contributed by atoms with Gasteiger partial charge >= 0.3 is 0 Å². The molecular weight excluding hydrogens is 189 g/mol. The molecule has 15 heavy (non-hydrogen) atoms. The predicted octanol–water partition coefficient (Wildman–Crippen LogP) is 3.64. The lowest BCUT2D eigenvalue weighted by molar-refractivity contribution is 0.106. The first-order chi connectivity index (χ1) is 7.24. The third-order valence-electron chi connectivity index (χ3n) is 4.01. The van der Waals surface area contributed by atoms with Crippen molar-refractivity contribution in [2.24, 2.45) is 5.41 Å². The largest absolute Gasteiger partial charge is 0.304 e. The first-order valence-electron chi connectivity index (χ1n) is 6.60. The molecule has 1 saturated carbocycles. The van der Waals surface area contributed by atoms with Crippen molar-refractivity contribution in [1.82, 2.24) is 4.90 Å². The van der Waals surface area contributed by atoms with E-state index in [1.807, 2.05) is 13.8 Å². The molecule has 1 heterocycles. The number of piperidine rings is 1. The summed E-state index contributed by atoms with van der Waals surface area (Å²) in [6.07, 6.45) is 4.80. The summed E-state index contributed by atoms with van der Waals surface area (Å²) < 4.78 is 13.1. The standard InChI is InChI=1S/C11H20FN.C2H6/c1-2-13-7-5-11(6-8-13)4-3-10(12)9-11;1-2/h10H,2-9H2,1H3;1-2H3. The Kier molecular flexibility index (Phi) is 5.04. The van der Waals surface area contributed by atoms with Gasteiger partial charge in [-0.2, -0.15) is 0 Å². The Labute approximate surface area is 94.0 Å². The molecule has 0 N–H and O–H groups in total. The van der Waals surface area contributed by atoms with Gasteiger partial charge in [0.25, 0.3) is 0 Å². The molecule has 0 radical (unpaired) electrons. The van der Waals surface area contributed by atoms with Gasteiger partial charge in [-0.15, -0.1) is 0 Å². The number of nitrogens with zero attached hydrogens (tertiary/aromatic N) is 1. The SMILES string of the molecule is CC.CCN1CCC2(CCC(F)C2)CC1. The van der Waals surface area contributed by atoms with Crippen molar-refractivity contribution in [3.8, 4) is 0 Å². The zero-order valence-electron chi connectivity index (χ0n) is 10.6. The molecule has 1 unspecified atom stereocenters. The normalized spacial score (nSPS) is 30.0. The Bertz CT molecular complexity index is 173. The van der Waals surface area contributed by atoms with Crippen molar-refractivity contribution in [1.29, 1.82) is 0 Å². The van der Waals surface area contributed by atoms with Crippen LogP contribution in [-0.2, 0) is 0 Å². The molecule has 2 aliphatic rings. The minimum Gasteiger partial charge on any atom is -0.304 e. The average Bonchev–Trinajstić information content (AvgIpc) is 2.64. The number of likely N-dealkylation sites (tertiary alicyclic amines) is 1. The fourth-order valence-electron chi connectivity index (χ4n) is 2.93. The maximum atomic E-state index is 13.1. The summed E-state index contributed by atoms with van der Waals surface area (Å²) >= 11 is 0. The molecule has 1 atom stereocenters. The van der Waals surface area contributed by atoms with E-state index in [0.29, 0.717) is 5.41 Å². The van der Waals surface area contributed by atoms with Crippen molar-refractivity contribution >= 4 is 0 Å². The van der Waals surface area contributed by atoms with E-state index in [-0.39, 0.29) is 0 Å². The van der Waals surface area contributed by atoms with Gasteiger partial charge < -0.3 is 4.90 Å². The van der Waals surface area contributed by atoms with E-state index in [0.717, 1.165) is 25.8 Å². The van der Waals surface area contributed by atoms with Gasteiger partial charge in [0.1, 0.15) is 6.17 Å². The summed E-state index contributed by atoms with van der Waals surface area (Å²) in [4.78, 5) is 2.48. The van der Waals surface area contributed by atoms with E-state index >= 15 is 0 Å². The molecule has 2 fully saturated rings. The highest BCUT2D eigenvalue weighted by Crippen LogP contribution is 2.47. The third-order valence-corrected chi connectivity index (χ3v) is 4.01. The van der Waals surface area contributed by atoms with Crippen molar-refractivity contribution in [2.75, 3.05) is 19.6 Å². The van der Waals surface area contributed by atoms with E-state index in [4.69, 9.17) is 0 Å². The predicted molar refractivity (Wildman–Crippen MR) is 63.9 cm³/mol. The minimum atomic E-state index is -0.492. The van der Waals surface area contributed by atoms with Crippen molar-refractivity contribution in [3.63, 3.8) is 0 Å². The Hall–Kier alpha value is -0.110. The van der Waals surface area contributed by atoms with Crippen LogP contribution in [0.4, 0.5) is 4.39 Å². The number of hydrogen-bond acceptors (Lipinski definition) is 1. The Balaban J connectivity index is 0.000000531. The zero-order chi connectivity index (χ0) is 11.3. The van der Waals surface area contributed by atoms with Gasteiger partial charge in [-0.25, -0.2) is 4.39 Å². The van der Waals surface area contributed by atoms with Crippen molar-refractivity contribution in [2.45, 2.75) is 59.0 Å². The first kappa shape index (κ1) is 13.0. The fraction of sp³-hybridized carbons (Fsp3) is 1.00. The number of rotatable bonds is 1. The third kappa shape index (κ3) is 3.17. The van der Waals surface area contributed by atoms with E-state index in [2.05, 4.69) is 11.8 Å². The summed E-state index contributed by atoms with van der Waals surface area (Å²) in [5, 5.41) is 0. The molecule has 0 aromatic carbocycles. The minimum absolute atomic E-state index is 0.408. The molecule has 1 aliphatic carbocycles. The van der Waals surface area contributed by atoms with Crippen LogP contribution in [0, 0.1) is 5.41 Å². The average molecular weight is 215 g/mol. The molecule has 1 spiro atoms. The van der Waals surface area contributed by atoms with Crippen LogP contribution >= 0.6 is 0 Å². The van der Waals surface area contributed by atoms with Crippen LogP contribution in [0.2, 0.25) is 0 Å². The highest BCUT2D eigenvalue weighted by atomic mass is 19.1. The van der Waals surface area contributed by atoms with Gasteiger partial charge in [0.2, 0.25) is 0 Å². The molecule has 0 amide bonds. The summed E-state index contributed by atoms with van der Waals surface area (Å²) in [5.74, 6) is 0. The molecule has 0 aromatic rings. The van der Waals surface area contributed by atoms with Gasteiger partial charge in [-0.05, 0) is 57.2 Å². The van der Waals surface area contributed by atoms with Crippen LogP contribution in [0.15, 0.2) is 0 Å². The number of alkyl halides is 1. The summed E-state index contributed by atoms with van der Waals surface area (Å²) in [5.41, 5.74) is 0.408. The fourth-order valence-corrected chi connectivity index (χ4v) is 2.93. The molecule has 2 rings (SSSR count). The van der Waals surface area contributed by atoms with Crippen LogP contribution in [0.5, 0.6) is 0 Å². The van der Waals surface area contributed by atoms with Crippen LogP contribution in [0.3, 0.4) is 0 Å². The summed E-state index contributed by atoms with van der Waals surface area (Å²) in [6, 6.07) is 0. The van der Waals surface area contributed by atoms with E-state index in [1.54, 1.807) is 0 Å². The van der Waals surface area contributed by atoms with Gasteiger partial charge in [0, 0.05) is 0 Å². The zero-order valence-corrected chi connectivity index (χ0v) is 10.6. The van der Waals surface area contributed by atoms with Crippen molar-refractivity contribution < 1.29 is 4.39 Å². The Morgan fingerprint density at radius 3 is 2.20 bits per heavy atom. The summed E-state index contributed by atoms with van der Waals surface area (Å²) in [6.45, 7) is 9.77. The second-order valence-corrected chi connectivity index (χ2v) is 4.77. The topological polar surface area (TPSA) is 3.24 Å². The maximum Gasteiger partial charge on any atom is 0.101 e. The van der Waals surface area contributed by atoms with E-state index < -0.39 is 6.17 Å². The molecule has 2 heteroatoms. The second-order valence-electron chi connectivity index (χ2n) is 4.77. The van der Waals surface area contributed by atoms with Crippen molar-refractivity contribution in [3.05, 3.63) is 0 Å². The first-order valence-corrected chi connectivity index (χ1v) is 6.60. The molecule has 0 aromatic heterocycles. The molecule has 1 nitrogen and oxygen atoms in total. The maximum absolute atomic E-state index is 13.1. The number of hydrogen-bond donors (Lipinski definition) is 0. The highest BCUT2D eigenvalue weighted by Gasteiger charge is 2.40. The molecular formula is C13H26FN. The molecule has 0 bridgehead atoms. The van der Waals surface area contributed by atoms with Crippen LogP contribution in [0.1, 0.15) is 52.9 Å². The lowest BCUT2D eigenvalue weighted by Gasteiger charge is -2.38. The molecule has 1 aliphatic heterocycles. The molecule has 1 saturated heterocycles. The van der Waals surface area contributed by atoms with E-state index in [1.165, 1.54) is 25.9 Å². The lowest BCUT2D eigenvalue weighted by atomic mass is 9.77. The van der Waals surface area contributed by atoms with E-state index in [9.17, 15) is 4.39 Å². The Morgan fingerprint density at radius 1 is 1.20 bits per heavy atom. The monoisotopic (exact) mass is 215 g/mol. The van der Waals surface area contributed by atoms with Gasteiger partial charge in [0.15, 0.2) is 0 Å². The van der Waals surface area contributed by atoms with Gasteiger partial charge in [-0.1, -0.05) is 20.8 Å². The lowest BCUT2D eigenvalue weighted by Crippen LogP contribution is -2.38. The smallest absolute Gasteiger partial charge is 0.101 e. The summed E-state index contributed by atoms with van der Waals surface area (Å²) in [7, 11) is 0. The van der Waals surface area contributed by atoms with Crippen LogP contribution in [0.25, 0.3) is 0 Å². The quantitative estimate of drug-likeness (QED) is 0.645. The van der Waals surface area contributed by atoms with Crippen LogP contribution < -0.4 is 0 Å². The molecule has 90 valence electrons. The Morgan fingerprint density at radius 2 is 1.80 bits per heavy atom. The van der Waals surface area contributed by atoms with Crippen LogP contribution in [-0.4, -0.2) is 30.7 Å². The van der Waals surface area contributed by atoms with Gasteiger partial charge in [0.05, 0.1) is 0 Å². The van der Waals surface area contributed by atoms with Gasteiger partial charge in [-0.3, -0.25) is 0 Å². The highest BCUT2D eigenvalue weighted by molar-refractivity contribution is 4.92.